The van der Waals surface area contributed by atoms with Crippen LogP contribution in [-0.2, 0) is 11.2 Å². The molecule has 0 bridgehead atoms. The summed E-state index contributed by atoms with van der Waals surface area (Å²) >= 11 is 0. The van der Waals surface area contributed by atoms with Crippen molar-refractivity contribution in [2.24, 2.45) is 5.92 Å². The highest BCUT2D eigenvalue weighted by Crippen LogP contribution is 2.35. The molecule has 4 heteroatoms. The molecule has 1 aromatic rings. The predicted octanol–water partition coefficient (Wildman–Crippen LogP) is 2.55. The Hall–Kier alpha value is -1.06. The van der Waals surface area contributed by atoms with Gasteiger partial charge in [-0.1, -0.05) is 24.3 Å². The minimum Gasteiger partial charge on any atom is -0.338 e. The second-order valence-electron chi connectivity index (χ2n) is 5.75. The summed E-state index contributed by atoms with van der Waals surface area (Å²) in [5.41, 5.74) is 2.76. The van der Waals surface area contributed by atoms with Crippen LogP contribution in [0.15, 0.2) is 24.3 Å². The Kier molecular flexibility index (Phi) is 5.06. The molecule has 3 rings (SSSR count). The molecule has 2 unspecified atom stereocenters. The molecule has 0 aromatic heterocycles. The zero-order valence-electron chi connectivity index (χ0n) is 12.0. The van der Waals surface area contributed by atoms with Crippen molar-refractivity contribution in [2.45, 2.75) is 31.7 Å². The number of nitrogens with zero attached hydrogens (tertiary/aromatic N) is 1. The number of carbonyl (C=O) groups is 1. The van der Waals surface area contributed by atoms with Crippen LogP contribution in [0.2, 0.25) is 0 Å². The fourth-order valence-corrected chi connectivity index (χ4v) is 3.44. The van der Waals surface area contributed by atoms with Crippen LogP contribution in [0.4, 0.5) is 0 Å². The number of piperidine rings is 1. The monoisotopic (exact) mass is 294 g/mol. The Balaban J connectivity index is 0.00000147. The van der Waals surface area contributed by atoms with Crippen molar-refractivity contribution in [3.63, 3.8) is 0 Å². The van der Waals surface area contributed by atoms with E-state index in [9.17, 15) is 4.79 Å². The number of hydrogen-bond donors (Lipinski definition) is 1. The van der Waals surface area contributed by atoms with Gasteiger partial charge in [0.05, 0.1) is 12.0 Å². The average Bonchev–Trinajstić information content (AvgIpc) is 2.90. The SMILES string of the molecule is CN(C(=O)C1CCCNC1)C1CCc2ccccc21.Cl. The topological polar surface area (TPSA) is 32.3 Å². The van der Waals surface area contributed by atoms with Gasteiger partial charge in [0.1, 0.15) is 0 Å². The van der Waals surface area contributed by atoms with Crippen molar-refractivity contribution in [2.75, 3.05) is 20.1 Å². The molecule has 1 amide bonds. The average molecular weight is 295 g/mol. The normalized spacial score (nSPS) is 24.6. The molecule has 110 valence electrons. The number of carbonyl (C=O) groups excluding carboxylic acids is 1. The van der Waals surface area contributed by atoms with Crippen molar-refractivity contribution < 1.29 is 4.79 Å². The minimum absolute atomic E-state index is 0. The zero-order chi connectivity index (χ0) is 13.2. The van der Waals surface area contributed by atoms with Gasteiger partial charge in [-0.15, -0.1) is 12.4 Å². The fourth-order valence-electron chi connectivity index (χ4n) is 3.44. The van der Waals surface area contributed by atoms with Gasteiger partial charge in [-0.2, -0.15) is 0 Å². The van der Waals surface area contributed by atoms with Crippen molar-refractivity contribution in [3.05, 3.63) is 35.4 Å². The summed E-state index contributed by atoms with van der Waals surface area (Å²) in [6.45, 7) is 1.90. The molecule has 2 atom stereocenters. The first kappa shape index (κ1) is 15.3. The van der Waals surface area contributed by atoms with Crippen molar-refractivity contribution in [1.82, 2.24) is 10.2 Å². The summed E-state index contributed by atoms with van der Waals surface area (Å²) in [7, 11) is 1.98. The molecule has 1 fully saturated rings. The Morgan fingerprint density at radius 2 is 2.10 bits per heavy atom. The van der Waals surface area contributed by atoms with Crippen LogP contribution in [0.25, 0.3) is 0 Å². The zero-order valence-corrected chi connectivity index (χ0v) is 12.8. The molecule has 20 heavy (non-hydrogen) atoms. The molecular formula is C16H23ClN2O. The molecule has 0 saturated carbocycles. The molecule has 3 nitrogen and oxygen atoms in total. The van der Waals surface area contributed by atoms with Crippen molar-refractivity contribution in [1.29, 1.82) is 0 Å². The first-order valence-corrected chi connectivity index (χ1v) is 7.32. The molecule has 1 saturated heterocycles. The highest BCUT2D eigenvalue weighted by molar-refractivity contribution is 5.85. The number of rotatable bonds is 2. The van der Waals surface area contributed by atoms with Crippen LogP contribution >= 0.6 is 12.4 Å². The van der Waals surface area contributed by atoms with E-state index in [1.54, 1.807) is 0 Å². The summed E-state index contributed by atoms with van der Waals surface area (Å²) in [6, 6.07) is 8.82. The van der Waals surface area contributed by atoms with Gasteiger partial charge in [0.25, 0.3) is 0 Å². The van der Waals surface area contributed by atoms with Crippen LogP contribution < -0.4 is 5.32 Å². The predicted molar refractivity (Wildman–Crippen MR) is 83.1 cm³/mol. The van der Waals surface area contributed by atoms with E-state index in [-0.39, 0.29) is 24.4 Å². The first-order valence-electron chi connectivity index (χ1n) is 7.32. The van der Waals surface area contributed by atoms with Crippen LogP contribution in [-0.4, -0.2) is 30.9 Å². The molecule has 1 aromatic carbocycles. The smallest absolute Gasteiger partial charge is 0.227 e. The summed E-state index contributed by atoms with van der Waals surface area (Å²) in [5.74, 6) is 0.486. The summed E-state index contributed by atoms with van der Waals surface area (Å²) in [4.78, 5) is 14.6. The number of aryl methyl sites for hydroxylation is 1. The maximum atomic E-state index is 12.6. The summed E-state index contributed by atoms with van der Waals surface area (Å²) < 4.78 is 0. The highest BCUT2D eigenvalue weighted by Gasteiger charge is 2.32. The molecule has 1 aliphatic heterocycles. The largest absolute Gasteiger partial charge is 0.338 e. The van der Waals surface area contributed by atoms with Gasteiger partial charge in [0.2, 0.25) is 5.91 Å². The van der Waals surface area contributed by atoms with Crippen LogP contribution in [0.5, 0.6) is 0 Å². The Bertz CT molecular complexity index is 471. The number of amides is 1. The molecule has 0 spiro atoms. The Morgan fingerprint density at radius 3 is 2.85 bits per heavy atom. The Labute approximate surface area is 127 Å². The second-order valence-corrected chi connectivity index (χ2v) is 5.75. The number of halogens is 1. The van der Waals surface area contributed by atoms with E-state index >= 15 is 0 Å². The van der Waals surface area contributed by atoms with Crippen LogP contribution in [0.3, 0.4) is 0 Å². The maximum absolute atomic E-state index is 12.6. The minimum atomic E-state index is 0. The first-order chi connectivity index (χ1) is 9.27. The third kappa shape index (κ3) is 2.84. The van der Waals surface area contributed by atoms with Crippen LogP contribution in [0.1, 0.15) is 36.4 Å². The lowest BCUT2D eigenvalue weighted by Crippen LogP contribution is -2.42. The fraction of sp³-hybridized carbons (Fsp3) is 0.562. The van der Waals surface area contributed by atoms with E-state index in [4.69, 9.17) is 0 Å². The maximum Gasteiger partial charge on any atom is 0.227 e. The van der Waals surface area contributed by atoms with Gasteiger partial charge >= 0.3 is 0 Å². The molecule has 1 N–H and O–H groups in total. The number of nitrogens with one attached hydrogen (secondary N) is 1. The van der Waals surface area contributed by atoms with E-state index in [1.165, 1.54) is 11.1 Å². The number of fused-ring (bicyclic) bond motifs is 1. The van der Waals surface area contributed by atoms with E-state index < -0.39 is 0 Å². The van der Waals surface area contributed by atoms with E-state index in [0.29, 0.717) is 5.91 Å². The van der Waals surface area contributed by atoms with Gasteiger partial charge in [-0.3, -0.25) is 4.79 Å². The molecule has 0 radical (unpaired) electrons. The summed E-state index contributed by atoms with van der Waals surface area (Å²) in [6.07, 6.45) is 4.32. The van der Waals surface area contributed by atoms with Crippen molar-refractivity contribution >= 4 is 18.3 Å². The van der Waals surface area contributed by atoms with Gasteiger partial charge < -0.3 is 10.2 Å². The van der Waals surface area contributed by atoms with E-state index in [0.717, 1.165) is 38.8 Å². The van der Waals surface area contributed by atoms with Gasteiger partial charge in [0, 0.05) is 13.6 Å². The molecule has 1 aliphatic carbocycles. The molecule has 2 aliphatic rings. The summed E-state index contributed by atoms with van der Waals surface area (Å²) in [5, 5.41) is 3.33. The van der Waals surface area contributed by atoms with Gasteiger partial charge in [-0.05, 0) is 43.4 Å². The standard InChI is InChI=1S/C16H22N2O.ClH/c1-18(16(19)13-6-4-10-17-11-13)15-9-8-12-5-2-3-7-14(12)15;/h2-3,5,7,13,15,17H,4,6,8-11H2,1H3;1H. The van der Waals surface area contributed by atoms with Gasteiger partial charge in [0.15, 0.2) is 0 Å². The highest BCUT2D eigenvalue weighted by atomic mass is 35.5. The lowest BCUT2D eigenvalue weighted by atomic mass is 9.97. The Morgan fingerprint density at radius 1 is 1.30 bits per heavy atom. The quantitative estimate of drug-likeness (QED) is 0.909. The number of hydrogen-bond acceptors (Lipinski definition) is 2. The molecule has 1 heterocycles. The number of benzene rings is 1. The lowest BCUT2D eigenvalue weighted by Gasteiger charge is -2.31. The van der Waals surface area contributed by atoms with Crippen LogP contribution in [0, 0.1) is 5.92 Å². The third-order valence-corrected chi connectivity index (χ3v) is 4.56. The third-order valence-electron chi connectivity index (χ3n) is 4.56. The van der Waals surface area contributed by atoms with Gasteiger partial charge in [-0.25, -0.2) is 0 Å². The van der Waals surface area contributed by atoms with E-state index in [1.807, 2.05) is 11.9 Å². The second kappa shape index (κ2) is 6.59. The lowest BCUT2D eigenvalue weighted by molar-refractivity contribution is -0.137. The van der Waals surface area contributed by atoms with E-state index in [2.05, 4.69) is 29.6 Å². The molecular weight excluding hydrogens is 272 g/mol. The van der Waals surface area contributed by atoms with Crippen molar-refractivity contribution in [3.8, 4) is 0 Å².